The van der Waals surface area contributed by atoms with Gasteiger partial charge in [0.25, 0.3) is 5.69 Å². The first-order chi connectivity index (χ1) is 11.8. The maximum Gasteiger partial charge on any atom is 0.269 e. The van der Waals surface area contributed by atoms with Crippen molar-refractivity contribution >= 4 is 11.6 Å². The van der Waals surface area contributed by atoms with Crippen molar-refractivity contribution in [1.82, 2.24) is 5.32 Å². The van der Waals surface area contributed by atoms with Crippen LogP contribution >= 0.6 is 0 Å². The summed E-state index contributed by atoms with van der Waals surface area (Å²) in [5.74, 6) is 0.511. The minimum Gasteiger partial charge on any atom is -0.349 e. The van der Waals surface area contributed by atoms with Crippen LogP contribution in [0.25, 0.3) is 0 Å². The molecule has 2 rings (SSSR count). The summed E-state index contributed by atoms with van der Waals surface area (Å²) in [6.07, 6.45) is 1.24. The summed E-state index contributed by atoms with van der Waals surface area (Å²) in [4.78, 5) is 22.4. The fourth-order valence-corrected chi connectivity index (χ4v) is 2.71. The normalized spacial score (nSPS) is 12.0. The Bertz CT molecular complexity index is 722. The van der Waals surface area contributed by atoms with Crippen LogP contribution in [0.1, 0.15) is 43.5 Å². The second-order valence-corrected chi connectivity index (χ2v) is 6.73. The van der Waals surface area contributed by atoms with Crippen LogP contribution in [0.2, 0.25) is 0 Å². The van der Waals surface area contributed by atoms with E-state index in [1.807, 2.05) is 6.92 Å². The number of nitrogens with zero attached hydrogens (tertiary/aromatic N) is 1. The molecule has 0 aliphatic heterocycles. The van der Waals surface area contributed by atoms with Gasteiger partial charge in [-0.2, -0.15) is 0 Å². The minimum absolute atomic E-state index is 0.0269. The molecule has 1 N–H and O–H groups in total. The second-order valence-electron chi connectivity index (χ2n) is 6.73. The molecule has 132 valence electrons. The van der Waals surface area contributed by atoms with E-state index in [-0.39, 0.29) is 24.1 Å². The number of nitro benzene ring substituents is 1. The van der Waals surface area contributed by atoms with E-state index in [4.69, 9.17) is 0 Å². The van der Waals surface area contributed by atoms with Crippen LogP contribution in [0.15, 0.2) is 48.5 Å². The zero-order valence-corrected chi connectivity index (χ0v) is 14.9. The Morgan fingerprint density at radius 2 is 1.56 bits per heavy atom. The molecule has 2 aromatic carbocycles. The summed E-state index contributed by atoms with van der Waals surface area (Å²) in [6.45, 7) is 6.33. The molecule has 0 aromatic heterocycles. The van der Waals surface area contributed by atoms with Crippen molar-refractivity contribution in [3.63, 3.8) is 0 Å². The Balaban J connectivity index is 1.91. The summed E-state index contributed by atoms with van der Waals surface area (Å²) in [7, 11) is 0. The maximum absolute atomic E-state index is 12.2. The molecule has 2 aromatic rings. The molecule has 0 aliphatic carbocycles. The molecule has 0 aliphatic rings. The first kappa shape index (κ1) is 18.6. The van der Waals surface area contributed by atoms with E-state index in [0.29, 0.717) is 5.92 Å². The van der Waals surface area contributed by atoms with E-state index in [1.54, 1.807) is 12.1 Å². The highest BCUT2D eigenvalue weighted by Crippen LogP contribution is 2.16. The average molecular weight is 340 g/mol. The Kier molecular flexibility index (Phi) is 6.28. The minimum atomic E-state index is -0.450. The summed E-state index contributed by atoms with van der Waals surface area (Å²) in [5.41, 5.74) is 3.13. The van der Waals surface area contributed by atoms with Gasteiger partial charge in [-0.05, 0) is 36.0 Å². The van der Waals surface area contributed by atoms with E-state index in [2.05, 4.69) is 43.4 Å². The lowest BCUT2D eigenvalue weighted by Gasteiger charge is -2.15. The van der Waals surface area contributed by atoms with Crippen LogP contribution < -0.4 is 5.32 Å². The van der Waals surface area contributed by atoms with E-state index >= 15 is 0 Å². The van der Waals surface area contributed by atoms with Gasteiger partial charge in [0.05, 0.1) is 17.4 Å². The Hall–Kier alpha value is -2.69. The SMILES string of the molecule is CC(C)Cc1ccc(C(C)NC(=O)Cc2ccc([N+](=O)[O-])cc2)cc1. The van der Waals surface area contributed by atoms with Gasteiger partial charge in [0.2, 0.25) is 5.91 Å². The van der Waals surface area contributed by atoms with Crippen molar-refractivity contribution in [2.24, 2.45) is 5.92 Å². The second kappa shape index (κ2) is 8.42. The quantitative estimate of drug-likeness (QED) is 0.606. The van der Waals surface area contributed by atoms with Gasteiger partial charge in [0, 0.05) is 12.1 Å². The molecule has 1 atom stereocenters. The number of carbonyl (C=O) groups is 1. The fourth-order valence-electron chi connectivity index (χ4n) is 2.71. The van der Waals surface area contributed by atoms with Crippen molar-refractivity contribution in [1.29, 1.82) is 0 Å². The Morgan fingerprint density at radius 1 is 1.00 bits per heavy atom. The van der Waals surface area contributed by atoms with Crippen molar-refractivity contribution < 1.29 is 9.72 Å². The lowest BCUT2D eigenvalue weighted by Crippen LogP contribution is -2.28. The zero-order valence-electron chi connectivity index (χ0n) is 14.9. The maximum atomic E-state index is 12.2. The average Bonchev–Trinajstić information content (AvgIpc) is 2.55. The molecule has 0 bridgehead atoms. The van der Waals surface area contributed by atoms with Gasteiger partial charge in [-0.15, -0.1) is 0 Å². The molecule has 0 radical (unpaired) electrons. The lowest BCUT2D eigenvalue weighted by atomic mass is 10.00. The van der Waals surface area contributed by atoms with Gasteiger partial charge in [0.15, 0.2) is 0 Å². The number of non-ortho nitro benzene ring substituents is 1. The smallest absolute Gasteiger partial charge is 0.269 e. The van der Waals surface area contributed by atoms with Crippen molar-refractivity contribution in [3.05, 3.63) is 75.3 Å². The van der Waals surface area contributed by atoms with Crippen molar-refractivity contribution in [3.8, 4) is 0 Å². The first-order valence-electron chi connectivity index (χ1n) is 8.46. The molecule has 5 nitrogen and oxygen atoms in total. The monoisotopic (exact) mass is 340 g/mol. The van der Waals surface area contributed by atoms with E-state index < -0.39 is 4.92 Å². The van der Waals surface area contributed by atoms with Crippen LogP contribution in [-0.2, 0) is 17.6 Å². The highest BCUT2D eigenvalue weighted by atomic mass is 16.6. The standard InChI is InChI=1S/C20H24N2O3/c1-14(2)12-16-4-8-18(9-5-16)15(3)21-20(23)13-17-6-10-19(11-7-17)22(24)25/h4-11,14-15H,12-13H2,1-3H3,(H,21,23). The molecule has 0 saturated carbocycles. The number of nitro groups is 1. The van der Waals surface area contributed by atoms with E-state index in [1.165, 1.54) is 17.7 Å². The van der Waals surface area contributed by atoms with Crippen molar-refractivity contribution in [2.75, 3.05) is 0 Å². The molecule has 0 saturated heterocycles. The molecule has 1 amide bonds. The van der Waals surface area contributed by atoms with Gasteiger partial charge >= 0.3 is 0 Å². The Morgan fingerprint density at radius 3 is 2.08 bits per heavy atom. The first-order valence-corrected chi connectivity index (χ1v) is 8.46. The van der Waals surface area contributed by atoms with E-state index in [9.17, 15) is 14.9 Å². The van der Waals surface area contributed by atoms with Gasteiger partial charge in [-0.25, -0.2) is 0 Å². The van der Waals surface area contributed by atoms with Gasteiger partial charge in [-0.3, -0.25) is 14.9 Å². The molecule has 1 unspecified atom stereocenters. The van der Waals surface area contributed by atoms with Crippen LogP contribution in [0.5, 0.6) is 0 Å². The summed E-state index contributed by atoms with van der Waals surface area (Å²) >= 11 is 0. The number of amides is 1. The van der Waals surface area contributed by atoms with E-state index in [0.717, 1.165) is 17.5 Å². The number of nitrogens with one attached hydrogen (secondary N) is 1. The lowest BCUT2D eigenvalue weighted by molar-refractivity contribution is -0.384. The number of rotatable bonds is 7. The molecule has 0 heterocycles. The molecule has 0 fully saturated rings. The summed E-state index contributed by atoms with van der Waals surface area (Å²) in [6, 6.07) is 14.3. The Labute approximate surface area is 148 Å². The van der Waals surface area contributed by atoms with Crippen LogP contribution in [-0.4, -0.2) is 10.8 Å². The topological polar surface area (TPSA) is 72.2 Å². The molecular formula is C20H24N2O3. The van der Waals surface area contributed by atoms with Crippen molar-refractivity contribution in [2.45, 2.75) is 39.7 Å². The van der Waals surface area contributed by atoms with Crippen LogP contribution in [0.3, 0.4) is 0 Å². The number of benzene rings is 2. The third-order valence-corrected chi connectivity index (χ3v) is 4.01. The van der Waals surface area contributed by atoms with Gasteiger partial charge in [0.1, 0.15) is 0 Å². The van der Waals surface area contributed by atoms with Gasteiger partial charge < -0.3 is 5.32 Å². The van der Waals surface area contributed by atoms with Crippen LogP contribution in [0.4, 0.5) is 5.69 Å². The highest BCUT2D eigenvalue weighted by molar-refractivity contribution is 5.79. The number of carbonyl (C=O) groups excluding carboxylic acids is 1. The molecular weight excluding hydrogens is 316 g/mol. The molecule has 0 spiro atoms. The molecule has 5 heteroatoms. The predicted octanol–water partition coefficient (Wildman–Crippen LogP) is 4.21. The van der Waals surface area contributed by atoms with Gasteiger partial charge in [-0.1, -0.05) is 50.2 Å². The summed E-state index contributed by atoms with van der Waals surface area (Å²) < 4.78 is 0. The molecule has 25 heavy (non-hydrogen) atoms. The number of hydrogen-bond acceptors (Lipinski definition) is 3. The third kappa shape index (κ3) is 5.71. The third-order valence-electron chi connectivity index (χ3n) is 4.01. The highest BCUT2D eigenvalue weighted by Gasteiger charge is 2.11. The number of hydrogen-bond donors (Lipinski definition) is 1. The fraction of sp³-hybridized carbons (Fsp3) is 0.350. The summed E-state index contributed by atoms with van der Waals surface area (Å²) in [5, 5.41) is 13.6. The van der Waals surface area contributed by atoms with Crippen LogP contribution in [0, 0.1) is 16.0 Å². The largest absolute Gasteiger partial charge is 0.349 e. The predicted molar refractivity (Wildman–Crippen MR) is 98.3 cm³/mol. The zero-order chi connectivity index (χ0) is 18.4.